The van der Waals surface area contributed by atoms with Gasteiger partial charge in [-0.15, -0.1) is 11.3 Å². The minimum Gasteiger partial charge on any atom is -0.488 e. The van der Waals surface area contributed by atoms with Gasteiger partial charge in [0, 0.05) is 12.6 Å². The minimum atomic E-state index is 0.367. The van der Waals surface area contributed by atoms with E-state index < -0.39 is 0 Å². The molecule has 0 spiro atoms. The first kappa shape index (κ1) is 13.4. The second kappa shape index (κ2) is 6.25. The number of nitrogens with two attached hydrogens (primary N) is 1. The van der Waals surface area contributed by atoms with Crippen LogP contribution in [0, 0.1) is 0 Å². The minimum absolute atomic E-state index is 0.367. The van der Waals surface area contributed by atoms with Crippen LogP contribution in [-0.2, 0) is 6.54 Å². The lowest BCUT2D eigenvalue weighted by Gasteiger charge is -2.37. The van der Waals surface area contributed by atoms with Crippen molar-refractivity contribution in [2.45, 2.75) is 57.2 Å². The highest BCUT2D eigenvalue weighted by Gasteiger charge is 2.33. The SMILES string of the molecule is NCc1sccc1OC1CCCCC1N1CCCC1. The van der Waals surface area contributed by atoms with Gasteiger partial charge >= 0.3 is 0 Å². The summed E-state index contributed by atoms with van der Waals surface area (Å²) in [5, 5.41) is 2.09. The van der Waals surface area contributed by atoms with E-state index in [0.717, 1.165) is 5.75 Å². The van der Waals surface area contributed by atoms with Crippen molar-refractivity contribution < 1.29 is 4.74 Å². The Bertz CT molecular complexity index is 401. The molecule has 19 heavy (non-hydrogen) atoms. The van der Waals surface area contributed by atoms with Crippen molar-refractivity contribution >= 4 is 11.3 Å². The highest BCUT2D eigenvalue weighted by atomic mass is 32.1. The molecule has 2 heterocycles. The van der Waals surface area contributed by atoms with Gasteiger partial charge < -0.3 is 10.5 Å². The van der Waals surface area contributed by atoms with Crippen LogP contribution in [-0.4, -0.2) is 30.1 Å². The van der Waals surface area contributed by atoms with Gasteiger partial charge in [-0.3, -0.25) is 4.90 Å². The van der Waals surface area contributed by atoms with Crippen molar-refractivity contribution in [1.82, 2.24) is 4.90 Å². The van der Waals surface area contributed by atoms with Crippen LogP contribution < -0.4 is 10.5 Å². The van der Waals surface area contributed by atoms with Crippen molar-refractivity contribution in [3.8, 4) is 5.75 Å². The molecule has 1 aliphatic carbocycles. The molecule has 106 valence electrons. The molecule has 1 saturated heterocycles. The van der Waals surface area contributed by atoms with Crippen LogP contribution in [0.4, 0.5) is 0 Å². The van der Waals surface area contributed by atoms with E-state index in [2.05, 4.69) is 16.3 Å². The number of hydrogen-bond acceptors (Lipinski definition) is 4. The molecule has 4 heteroatoms. The van der Waals surface area contributed by atoms with Crippen LogP contribution in [0.3, 0.4) is 0 Å². The second-order valence-electron chi connectivity index (χ2n) is 5.66. The molecule has 0 amide bonds. The lowest BCUT2D eigenvalue weighted by atomic mass is 9.91. The molecule has 2 atom stereocenters. The summed E-state index contributed by atoms with van der Waals surface area (Å²) in [6, 6.07) is 2.71. The molecular formula is C15H24N2OS. The van der Waals surface area contributed by atoms with Gasteiger partial charge in [0.25, 0.3) is 0 Å². The molecule has 3 nitrogen and oxygen atoms in total. The summed E-state index contributed by atoms with van der Waals surface area (Å²) in [4.78, 5) is 3.84. The Morgan fingerprint density at radius 1 is 1.21 bits per heavy atom. The van der Waals surface area contributed by atoms with Gasteiger partial charge in [-0.25, -0.2) is 0 Å². The molecule has 1 aromatic rings. The average Bonchev–Trinajstić information content (AvgIpc) is 3.10. The highest BCUT2D eigenvalue weighted by Crippen LogP contribution is 2.32. The second-order valence-corrected chi connectivity index (χ2v) is 6.66. The summed E-state index contributed by atoms with van der Waals surface area (Å²) < 4.78 is 6.33. The van der Waals surface area contributed by atoms with Crippen LogP contribution >= 0.6 is 11.3 Å². The van der Waals surface area contributed by atoms with E-state index in [9.17, 15) is 0 Å². The molecule has 3 rings (SSSR count). The van der Waals surface area contributed by atoms with Crippen LogP contribution in [0.1, 0.15) is 43.4 Å². The largest absolute Gasteiger partial charge is 0.488 e. The van der Waals surface area contributed by atoms with Gasteiger partial charge in [0.1, 0.15) is 11.9 Å². The Kier molecular flexibility index (Phi) is 4.41. The zero-order valence-corrected chi connectivity index (χ0v) is 12.3. The van der Waals surface area contributed by atoms with E-state index in [4.69, 9.17) is 10.5 Å². The van der Waals surface area contributed by atoms with E-state index in [0.29, 0.717) is 18.7 Å². The summed E-state index contributed by atoms with van der Waals surface area (Å²) in [6.45, 7) is 3.12. The topological polar surface area (TPSA) is 38.5 Å². The predicted molar refractivity (Wildman–Crippen MR) is 79.7 cm³/mol. The lowest BCUT2D eigenvalue weighted by Crippen LogP contribution is -2.46. The van der Waals surface area contributed by atoms with Crippen molar-refractivity contribution in [3.05, 3.63) is 16.3 Å². The van der Waals surface area contributed by atoms with Gasteiger partial charge in [-0.1, -0.05) is 6.42 Å². The molecule has 0 radical (unpaired) electrons. The van der Waals surface area contributed by atoms with Gasteiger partial charge in [0.15, 0.2) is 0 Å². The number of thiophene rings is 1. The van der Waals surface area contributed by atoms with E-state index in [1.807, 2.05) is 0 Å². The smallest absolute Gasteiger partial charge is 0.134 e. The van der Waals surface area contributed by atoms with Gasteiger partial charge in [-0.2, -0.15) is 0 Å². The standard InChI is InChI=1S/C15H24N2OS/c16-11-15-14(7-10-19-15)18-13-6-2-1-5-12(13)17-8-3-4-9-17/h7,10,12-13H,1-6,8-9,11,16H2. The van der Waals surface area contributed by atoms with Crippen molar-refractivity contribution in [3.63, 3.8) is 0 Å². The molecule has 2 N–H and O–H groups in total. The first-order valence-electron chi connectivity index (χ1n) is 7.55. The highest BCUT2D eigenvalue weighted by molar-refractivity contribution is 7.10. The van der Waals surface area contributed by atoms with Gasteiger partial charge in [0.05, 0.1) is 4.88 Å². The Balaban J connectivity index is 1.69. The molecule has 2 fully saturated rings. The third-order valence-corrected chi connectivity index (χ3v) is 5.37. The van der Waals surface area contributed by atoms with Gasteiger partial charge in [0.2, 0.25) is 0 Å². The molecule has 2 unspecified atom stereocenters. The molecule has 1 aromatic heterocycles. The first-order valence-corrected chi connectivity index (χ1v) is 8.43. The number of likely N-dealkylation sites (tertiary alicyclic amines) is 1. The van der Waals surface area contributed by atoms with Crippen LogP contribution in [0.25, 0.3) is 0 Å². The molecule has 0 aromatic carbocycles. The van der Waals surface area contributed by atoms with Crippen molar-refractivity contribution in [2.75, 3.05) is 13.1 Å². The Hall–Kier alpha value is -0.580. The summed E-state index contributed by atoms with van der Waals surface area (Å²) in [7, 11) is 0. The fourth-order valence-corrected chi connectivity index (χ4v) is 4.14. The Labute approximate surface area is 119 Å². The number of ether oxygens (including phenoxy) is 1. The van der Waals surface area contributed by atoms with Crippen molar-refractivity contribution in [2.24, 2.45) is 5.73 Å². The third-order valence-electron chi connectivity index (χ3n) is 4.45. The lowest BCUT2D eigenvalue weighted by molar-refractivity contribution is 0.0483. The van der Waals surface area contributed by atoms with Gasteiger partial charge in [-0.05, 0) is 56.6 Å². The van der Waals surface area contributed by atoms with Crippen molar-refractivity contribution in [1.29, 1.82) is 0 Å². The Morgan fingerprint density at radius 3 is 2.79 bits per heavy atom. The quantitative estimate of drug-likeness (QED) is 0.921. The maximum Gasteiger partial charge on any atom is 0.134 e. The van der Waals surface area contributed by atoms with Crippen LogP contribution in [0.15, 0.2) is 11.4 Å². The number of hydrogen-bond donors (Lipinski definition) is 1. The third kappa shape index (κ3) is 2.96. The monoisotopic (exact) mass is 280 g/mol. The fourth-order valence-electron chi connectivity index (χ4n) is 3.45. The van der Waals surface area contributed by atoms with E-state index in [1.54, 1.807) is 11.3 Å². The maximum absolute atomic E-state index is 6.33. The summed E-state index contributed by atoms with van der Waals surface area (Å²) in [5.41, 5.74) is 5.78. The van der Waals surface area contributed by atoms with E-state index in [1.165, 1.54) is 56.5 Å². The van der Waals surface area contributed by atoms with Crippen LogP contribution in [0.2, 0.25) is 0 Å². The zero-order chi connectivity index (χ0) is 13.1. The normalized spacial score (nSPS) is 28.7. The Morgan fingerprint density at radius 2 is 2.00 bits per heavy atom. The zero-order valence-electron chi connectivity index (χ0n) is 11.5. The first-order chi connectivity index (χ1) is 9.38. The summed E-state index contributed by atoms with van der Waals surface area (Å²) in [6.07, 6.45) is 8.23. The van der Waals surface area contributed by atoms with Crippen LogP contribution in [0.5, 0.6) is 5.75 Å². The summed E-state index contributed by atoms with van der Waals surface area (Å²) >= 11 is 1.71. The number of nitrogens with zero attached hydrogens (tertiary/aromatic N) is 1. The predicted octanol–water partition coefficient (Wildman–Crippen LogP) is 2.99. The maximum atomic E-state index is 6.33. The number of rotatable bonds is 4. The molecule has 1 saturated carbocycles. The van der Waals surface area contributed by atoms with E-state index >= 15 is 0 Å². The molecule has 0 bridgehead atoms. The molecular weight excluding hydrogens is 256 g/mol. The average molecular weight is 280 g/mol. The summed E-state index contributed by atoms with van der Waals surface area (Å²) in [5.74, 6) is 1.03. The molecule has 1 aliphatic heterocycles. The molecule has 2 aliphatic rings. The van der Waals surface area contributed by atoms with E-state index in [-0.39, 0.29) is 0 Å². The fraction of sp³-hybridized carbons (Fsp3) is 0.733.